The molecule has 1 nitrogen and oxygen atoms in total. The average Bonchev–Trinajstić information content (AvgIpc) is 2.19. The Morgan fingerprint density at radius 3 is 2.54 bits per heavy atom. The molecule has 0 aromatic rings. The molecule has 0 aromatic carbocycles. The molecular formula is C12H23N. The number of hydrogen-bond donors (Lipinski definition) is 0. The summed E-state index contributed by atoms with van der Waals surface area (Å²) in [6.45, 7) is 12.3. The topological polar surface area (TPSA) is 3.24 Å². The fourth-order valence-electron chi connectivity index (χ4n) is 3.95. The van der Waals surface area contributed by atoms with Crippen molar-refractivity contribution in [2.24, 2.45) is 10.8 Å². The van der Waals surface area contributed by atoms with Crippen LogP contribution >= 0.6 is 0 Å². The number of fused-ring (bicyclic) bond motifs is 2. The van der Waals surface area contributed by atoms with Gasteiger partial charge in [-0.1, -0.05) is 27.7 Å². The summed E-state index contributed by atoms with van der Waals surface area (Å²) in [6.07, 6.45) is 4.29. The molecule has 2 unspecified atom stereocenters. The summed E-state index contributed by atoms with van der Waals surface area (Å²) >= 11 is 0. The second kappa shape index (κ2) is 2.73. The van der Waals surface area contributed by atoms with Crippen molar-refractivity contribution in [3.05, 3.63) is 0 Å². The Kier molecular flexibility index (Phi) is 1.99. The fraction of sp³-hybridized carbons (Fsp3) is 1.00. The van der Waals surface area contributed by atoms with Crippen molar-refractivity contribution in [3.63, 3.8) is 0 Å². The van der Waals surface area contributed by atoms with Gasteiger partial charge in [0.25, 0.3) is 0 Å². The molecule has 76 valence electrons. The van der Waals surface area contributed by atoms with Gasteiger partial charge in [0.15, 0.2) is 0 Å². The van der Waals surface area contributed by atoms with Crippen LogP contribution in [0.15, 0.2) is 0 Å². The van der Waals surface area contributed by atoms with Gasteiger partial charge in [0.1, 0.15) is 0 Å². The largest absolute Gasteiger partial charge is 0.300 e. The van der Waals surface area contributed by atoms with Gasteiger partial charge in [-0.25, -0.2) is 0 Å². The number of nitrogens with zero attached hydrogens (tertiary/aromatic N) is 1. The van der Waals surface area contributed by atoms with Crippen LogP contribution in [0.3, 0.4) is 0 Å². The molecule has 2 aliphatic rings. The maximum absolute atomic E-state index is 2.69. The molecule has 13 heavy (non-hydrogen) atoms. The lowest BCUT2D eigenvalue weighted by molar-refractivity contribution is 0.128. The molecule has 0 aromatic heterocycles. The summed E-state index contributed by atoms with van der Waals surface area (Å²) in [5.41, 5.74) is 1.21. The van der Waals surface area contributed by atoms with Gasteiger partial charge in [-0.15, -0.1) is 0 Å². The summed E-state index contributed by atoms with van der Waals surface area (Å²) in [4.78, 5) is 2.69. The Morgan fingerprint density at radius 1 is 1.23 bits per heavy atom. The van der Waals surface area contributed by atoms with Crippen molar-refractivity contribution >= 4 is 0 Å². The van der Waals surface area contributed by atoms with E-state index >= 15 is 0 Å². The maximum atomic E-state index is 2.69. The van der Waals surface area contributed by atoms with Gasteiger partial charge in [-0.05, 0) is 36.6 Å². The summed E-state index contributed by atoms with van der Waals surface area (Å²) in [7, 11) is 0. The molecule has 2 fully saturated rings. The highest BCUT2D eigenvalue weighted by Crippen LogP contribution is 2.52. The molecule has 1 saturated carbocycles. The van der Waals surface area contributed by atoms with Crippen LogP contribution in [0.5, 0.6) is 0 Å². The lowest BCUT2D eigenvalue weighted by Gasteiger charge is -2.39. The van der Waals surface area contributed by atoms with Crippen molar-refractivity contribution in [1.82, 2.24) is 4.90 Å². The van der Waals surface area contributed by atoms with Crippen LogP contribution in [0, 0.1) is 10.8 Å². The van der Waals surface area contributed by atoms with Crippen molar-refractivity contribution in [2.75, 3.05) is 13.1 Å². The normalized spacial score (nSPS) is 43.8. The van der Waals surface area contributed by atoms with Crippen molar-refractivity contribution in [2.45, 2.75) is 53.0 Å². The third-order valence-electron chi connectivity index (χ3n) is 3.93. The highest BCUT2D eigenvalue weighted by Gasteiger charge is 2.48. The number of likely N-dealkylation sites (tertiary alicyclic amines) is 1. The van der Waals surface area contributed by atoms with Gasteiger partial charge >= 0.3 is 0 Å². The standard InChI is InChI=1S/C12H23N/c1-5-13-9-12(4)7-10(13)6-11(2,3)8-12/h10H,5-9H2,1-4H3. The molecule has 1 heterocycles. The first-order chi connectivity index (χ1) is 5.94. The van der Waals surface area contributed by atoms with E-state index in [1.807, 2.05) is 0 Å². The summed E-state index contributed by atoms with van der Waals surface area (Å²) in [6, 6.07) is 0.888. The minimum atomic E-state index is 0.585. The van der Waals surface area contributed by atoms with Gasteiger partial charge in [-0.2, -0.15) is 0 Å². The maximum Gasteiger partial charge on any atom is 0.0106 e. The van der Waals surface area contributed by atoms with E-state index in [0.717, 1.165) is 6.04 Å². The first kappa shape index (κ1) is 9.51. The van der Waals surface area contributed by atoms with Crippen molar-refractivity contribution < 1.29 is 0 Å². The minimum absolute atomic E-state index is 0.585. The summed E-state index contributed by atoms with van der Waals surface area (Å²) < 4.78 is 0. The zero-order valence-electron chi connectivity index (χ0n) is 9.56. The highest BCUT2D eigenvalue weighted by atomic mass is 15.2. The monoisotopic (exact) mass is 181 g/mol. The lowest BCUT2D eigenvalue weighted by atomic mass is 9.65. The van der Waals surface area contributed by atoms with Crippen LogP contribution in [0.1, 0.15) is 47.0 Å². The molecule has 0 amide bonds. The molecule has 1 heteroatoms. The van der Waals surface area contributed by atoms with E-state index < -0.39 is 0 Å². The van der Waals surface area contributed by atoms with E-state index in [1.165, 1.54) is 32.4 Å². The third kappa shape index (κ3) is 1.63. The van der Waals surface area contributed by atoms with E-state index in [0.29, 0.717) is 10.8 Å². The Morgan fingerprint density at radius 2 is 1.92 bits per heavy atom. The molecule has 1 saturated heterocycles. The Bertz CT molecular complexity index is 209. The molecule has 2 atom stereocenters. The van der Waals surface area contributed by atoms with E-state index in [4.69, 9.17) is 0 Å². The number of hydrogen-bond acceptors (Lipinski definition) is 1. The molecule has 2 bridgehead atoms. The number of rotatable bonds is 1. The summed E-state index contributed by atoms with van der Waals surface area (Å²) in [5.74, 6) is 0. The second-order valence-electron chi connectivity index (χ2n) is 6.28. The van der Waals surface area contributed by atoms with Crippen LogP contribution in [-0.2, 0) is 0 Å². The molecule has 0 N–H and O–H groups in total. The predicted molar refractivity (Wildman–Crippen MR) is 56.8 cm³/mol. The predicted octanol–water partition coefficient (Wildman–Crippen LogP) is 2.91. The average molecular weight is 181 g/mol. The third-order valence-corrected chi connectivity index (χ3v) is 3.93. The quantitative estimate of drug-likeness (QED) is 0.601. The first-order valence-electron chi connectivity index (χ1n) is 5.68. The zero-order valence-corrected chi connectivity index (χ0v) is 9.56. The van der Waals surface area contributed by atoms with Crippen LogP contribution in [0.2, 0.25) is 0 Å². The van der Waals surface area contributed by atoms with E-state index in [-0.39, 0.29) is 0 Å². The highest BCUT2D eigenvalue weighted by molar-refractivity contribution is 5.02. The fourth-order valence-corrected chi connectivity index (χ4v) is 3.95. The van der Waals surface area contributed by atoms with E-state index in [1.54, 1.807) is 0 Å². The van der Waals surface area contributed by atoms with Crippen LogP contribution < -0.4 is 0 Å². The molecule has 1 aliphatic carbocycles. The van der Waals surface area contributed by atoms with Gasteiger partial charge in [0.05, 0.1) is 0 Å². The Balaban J connectivity index is 2.18. The van der Waals surface area contributed by atoms with E-state index in [9.17, 15) is 0 Å². The zero-order chi connectivity index (χ0) is 9.69. The Hall–Kier alpha value is -0.0400. The van der Waals surface area contributed by atoms with Crippen LogP contribution in [0.4, 0.5) is 0 Å². The first-order valence-corrected chi connectivity index (χ1v) is 5.68. The summed E-state index contributed by atoms with van der Waals surface area (Å²) in [5, 5.41) is 0. The minimum Gasteiger partial charge on any atom is -0.300 e. The van der Waals surface area contributed by atoms with Crippen molar-refractivity contribution in [1.29, 1.82) is 0 Å². The van der Waals surface area contributed by atoms with Crippen LogP contribution in [-0.4, -0.2) is 24.0 Å². The van der Waals surface area contributed by atoms with Crippen LogP contribution in [0.25, 0.3) is 0 Å². The Labute approximate surface area is 82.5 Å². The molecule has 1 aliphatic heterocycles. The van der Waals surface area contributed by atoms with Gasteiger partial charge in [0, 0.05) is 12.6 Å². The molecular weight excluding hydrogens is 158 g/mol. The smallest absolute Gasteiger partial charge is 0.0106 e. The second-order valence-corrected chi connectivity index (χ2v) is 6.28. The lowest BCUT2D eigenvalue weighted by Crippen LogP contribution is -2.34. The van der Waals surface area contributed by atoms with Gasteiger partial charge < -0.3 is 4.90 Å². The molecule has 0 spiro atoms. The SMILES string of the molecule is CCN1CC2(C)CC1CC(C)(C)C2. The molecule has 0 radical (unpaired) electrons. The van der Waals surface area contributed by atoms with Gasteiger partial charge in [0.2, 0.25) is 0 Å². The van der Waals surface area contributed by atoms with E-state index in [2.05, 4.69) is 32.6 Å². The van der Waals surface area contributed by atoms with Crippen molar-refractivity contribution in [3.8, 4) is 0 Å². The molecule has 2 rings (SSSR count). The van der Waals surface area contributed by atoms with Gasteiger partial charge in [-0.3, -0.25) is 0 Å².